The van der Waals surface area contributed by atoms with Gasteiger partial charge >= 0.3 is 0 Å². The summed E-state index contributed by atoms with van der Waals surface area (Å²) in [6.45, 7) is 3.42. The average molecular weight is 431 g/mol. The highest BCUT2D eigenvalue weighted by Crippen LogP contribution is 2.29. The Balaban J connectivity index is 1.32. The van der Waals surface area contributed by atoms with Crippen LogP contribution in [0.15, 0.2) is 46.8 Å². The number of halogens is 1. The van der Waals surface area contributed by atoms with E-state index in [2.05, 4.69) is 33.7 Å². The lowest BCUT2D eigenvalue weighted by Crippen LogP contribution is -2.37. The molecule has 0 bridgehead atoms. The lowest BCUT2D eigenvalue weighted by atomic mass is 10.00. The van der Waals surface area contributed by atoms with E-state index in [-0.39, 0.29) is 5.91 Å². The molecule has 4 rings (SSSR count). The number of carbonyl (C=O) groups is 1. The highest BCUT2D eigenvalue weighted by molar-refractivity contribution is 8.01. The van der Waals surface area contributed by atoms with E-state index in [1.165, 1.54) is 34.2 Å². The predicted octanol–water partition coefficient (Wildman–Crippen LogP) is 4.92. The molecule has 0 saturated carbocycles. The molecule has 1 N–H and O–H groups in total. The van der Waals surface area contributed by atoms with Gasteiger partial charge in [0.25, 0.3) is 0 Å². The number of amides is 1. The molecule has 3 aromatic rings. The van der Waals surface area contributed by atoms with Gasteiger partial charge in [-0.1, -0.05) is 65.0 Å². The van der Waals surface area contributed by atoms with Crippen molar-refractivity contribution in [2.45, 2.75) is 24.2 Å². The zero-order valence-electron chi connectivity index (χ0n) is 15.3. The third-order valence-electron chi connectivity index (χ3n) is 4.63. The number of aromatic nitrogens is 2. The molecular weight excluding hydrogens is 412 g/mol. The summed E-state index contributed by atoms with van der Waals surface area (Å²) in [5.74, 6) is 0.502. The van der Waals surface area contributed by atoms with Crippen molar-refractivity contribution in [3.63, 3.8) is 0 Å². The second-order valence-corrected chi connectivity index (χ2v) is 9.19. The van der Waals surface area contributed by atoms with Gasteiger partial charge in [0.1, 0.15) is 0 Å². The predicted molar refractivity (Wildman–Crippen MR) is 116 cm³/mol. The molecule has 1 amide bonds. The molecule has 0 radical (unpaired) electrons. The highest BCUT2D eigenvalue weighted by atomic mass is 35.5. The SMILES string of the molecule is Cc1ccc(Nc2nnc(SCC(=O)N3CCc4ccccc4C3)s2)cc1Cl. The van der Waals surface area contributed by atoms with E-state index in [0.717, 1.165) is 28.6 Å². The Labute approximate surface area is 177 Å². The number of hydrogen-bond donors (Lipinski definition) is 1. The van der Waals surface area contributed by atoms with Gasteiger partial charge in [0.2, 0.25) is 11.0 Å². The summed E-state index contributed by atoms with van der Waals surface area (Å²) in [5, 5.41) is 12.9. The summed E-state index contributed by atoms with van der Waals surface area (Å²) in [6.07, 6.45) is 0.915. The summed E-state index contributed by atoms with van der Waals surface area (Å²) >= 11 is 9.02. The minimum atomic E-state index is 0.134. The van der Waals surface area contributed by atoms with Crippen molar-refractivity contribution in [1.29, 1.82) is 0 Å². The van der Waals surface area contributed by atoms with Gasteiger partial charge in [0.05, 0.1) is 5.75 Å². The molecule has 0 aliphatic carbocycles. The van der Waals surface area contributed by atoms with E-state index in [0.29, 0.717) is 22.5 Å². The smallest absolute Gasteiger partial charge is 0.233 e. The van der Waals surface area contributed by atoms with Crippen LogP contribution in [0, 0.1) is 6.92 Å². The zero-order valence-corrected chi connectivity index (χ0v) is 17.7. The summed E-state index contributed by atoms with van der Waals surface area (Å²) < 4.78 is 0.770. The number of fused-ring (bicyclic) bond motifs is 1. The monoisotopic (exact) mass is 430 g/mol. The fraction of sp³-hybridized carbons (Fsp3) is 0.250. The van der Waals surface area contributed by atoms with Crippen LogP contribution in [0.2, 0.25) is 5.02 Å². The topological polar surface area (TPSA) is 58.1 Å². The number of nitrogens with one attached hydrogen (secondary N) is 1. The van der Waals surface area contributed by atoms with Crippen LogP contribution in [-0.4, -0.2) is 33.3 Å². The standard InChI is InChI=1S/C20H19ClN4OS2/c1-13-6-7-16(10-17(13)21)22-19-23-24-20(28-19)27-12-18(26)25-9-8-14-4-2-3-5-15(14)11-25/h2-7,10H,8-9,11-12H2,1H3,(H,22,23). The molecule has 0 unspecified atom stereocenters. The van der Waals surface area contributed by atoms with E-state index in [1.54, 1.807) is 0 Å². The quantitative estimate of drug-likeness (QED) is 0.582. The maximum atomic E-state index is 12.6. The highest BCUT2D eigenvalue weighted by Gasteiger charge is 2.20. The number of carbonyl (C=O) groups excluding carboxylic acids is 1. The fourth-order valence-corrected chi connectivity index (χ4v) is 4.89. The van der Waals surface area contributed by atoms with Gasteiger partial charge < -0.3 is 10.2 Å². The van der Waals surface area contributed by atoms with Crippen LogP contribution in [0.4, 0.5) is 10.8 Å². The van der Waals surface area contributed by atoms with Gasteiger partial charge in [0.15, 0.2) is 4.34 Å². The van der Waals surface area contributed by atoms with Crippen molar-refractivity contribution < 1.29 is 4.79 Å². The largest absolute Gasteiger partial charge is 0.337 e. The van der Waals surface area contributed by atoms with Gasteiger partial charge in [-0.25, -0.2) is 0 Å². The summed E-state index contributed by atoms with van der Waals surface area (Å²) in [4.78, 5) is 14.5. The molecule has 1 aliphatic heterocycles. The van der Waals surface area contributed by atoms with Gasteiger partial charge in [0, 0.05) is 23.8 Å². The average Bonchev–Trinajstić information content (AvgIpc) is 3.16. The number of rotatable bonds is 5. The number of benzene rings is 2. The van der Waals surface area contributed by atoms with E-state index in [9.17, 15) is 4.79 Å². The van der Waals surface area contributed by atoms with Crippen LogP contribution >= 0.6 is 34.7 Å². The Morgan fingerprint density at radius 1 is 1.25 bits per heavy atom. The minimum absolute atomic E-state index is 0.134. The first-order valence-corrected chi connectivity index (χ1v) is 11.1. The van der Waals surface area contributed by atoms with Gasteiger partial charge in [-0.15, -0.1) is 10.2 Å². The minimum Gasteiger partial charge on any atom is -0.337 e. The lowest BCUT2D eigenvalue weighted by Gasteiger charge is -2.28. The molecule has 0 fully saturated rings. The molecule has 1 aromatic heterocycles. The van der Waals surface area contributed by atoms with Crippen molar-refractivity contribution in [3.8, 4) is 0 Å². The van der Waals surface area contributed by atoms with Gasteiger partial charge in [-0.2, -0.15) is 0 Å². The second kappa shape index (κ2) is 8.51. The Hall–Kier alpha value is -2.09. The molecule has 0 atom stereocenters. The normalized spacial score (nSPS) is 13.3. The maximum Gasteiger partial charge on any atom is 0.233 e. The number of anilines is 2. The first-order chi connectivity index (χ1) is 13.6. The third kappa shape index (κ3) is 4.48. The third-order valence-corrected chi connectivity index (χ3v) is 7.00. The molecule has 0 spiro atoms. The van der Waals surface area contributed by atoms with Crippen molar-refractivity contribution >= 4 is 51.4 Å². The molecule has 2 aromatic carbocycles. The molecule has 2 heterocycles. The molecule has 144 valence electrons. The molecule has 28 heavy (non-hydrogen) atoms. The molecular formula is C20H19ClN4OS2. The Morgan fingerprint density at radius 2 is 2.07 bits per heavy atom. The maximum absolute atomic E-state index is 12.6. The van der Waals surface area contributed by atoms with E-state index in [1.807, 2.05) is 36.1 Å². The van der Waals surface area contributed by atoms with Crippen LogP contribution in [0.5, 0.6) is 0 Å². The Bertz CT molecular complexity index is 1010. The molecule has 1 aliphatic rings. The fourth-order valence-electron chi connectivity index (χ4n) is 3.04. The van der Waals surface area contributed by atoms with Gasteiger partial charge in [-0.05, 0) is 42.2 Å². The second-order valence-electron chi connectivity index (χ2n) is 6.58. The number of thioether (sulfide) groups is 1. The van der Waals surface area contributed by atoms with Crippen molar-refractivity contribution in [3.05, 3.63) is 64.2 Å². The van der Waals surface area contributed by atoms with E-state index < -0.39 is 0 Å². The Morgan fingerprint density at radius 3 is 2.89 bits per heavy atom. The number of nitrogens with zero attached hydrogens (tertiary/aromatic N) is 3. The first kappa shape index (κ1) is 19.2. The molecule has 8 heteroatoms. The molecule has 5 nitrogen and oxygen atoms in total. The van der Waals surface area contributed by atoms with Gasteiger partial charge in [-0.3, -0.25) is 4.79 Å². The first-order valence-electron chi connectivity index (χ1n) is 8.92. The van der Waals surface area contributed by atoms with Crippen molar-refractivity contribution in [2.24, 2.45) is 0 Å². The van der Waals surface area contributed by atoms with Crippen molar-refractivity contribution in [2.75, 3.05) is 17.6 Å². The lowest BCUT2D eigenvalue weighted by molar-refractivity contribution is -0.129. The van der Waals surface area contributed by atoms with E-state index in [4.69, 9.17) is 11.6 Å². The number of hydrogen-bond acceptors (Lipinski definition) is 6. The van der Waals surface area contributed by atoms with Crippen molar-refractivity contribution in [1.82, 2.24) is 15.1 Å². The summed E-state index contributed by atoms with van der Waals surface area (Å²) in [5.41, 5.74) is 4.48. The Kier molecular flexibility index (Phi) is 5.85. The summed E-state index contributed by atoms with van der Waals surface area (Å²) in [7, 11) is 0. The van der Waals surface area contributed by atoms with Crippen LogP contribution in [-0.2, 0) is 17.8 Å². The zero-order chi connectivity index (χ0) is 19.5. The van der Waals surface area contributed by atoms with E-state index >= 15 is 0 Å². The van der Waals surface area contributed by atoms with Crippen LogP contribution in [0.1, 0.15) is 16.7 Å². The van der Waals surface area contributed by atoms with Crippen LogP contribution in [0.25, 0.3) is 0 Å². The van der Waals surface area contributed by atoms with Crippen LogP contribution in [0.3, 0.4) is 0 Å². The summed E-state index contributed by atoms with van der Waals surface area (Å²) in [6, 6.07) is 14.1. The molecule has 0 saturated heterocycles. The number of aryl methyl sites for hydroxylation is 1. The van der Waals surface area contributed by atoms with Crippen LogP contribution < -0.4 is 5.32 Å².